The molecule has 9 heteroatoms. The lowest BCUT2D eigenvalue weighted by atomic mass is 10.1. The van der Waals surface area contributed by atoms with E-state index in [-0.39, 0.29) is 23.8 Å². The molecule has 0 spiro atoms. The van der Waals surface area contributed by atoms with Crippen molar-refractivity contribution in [1.82, 2.24) is 14.9 Å². The molecule has 7 nitrogen and oxygen atoms in total. The normalized spacial score (nSPS) is 12.8. The minimum Gasteiger partial charge on any atom is -0.336 e. The smallest absolute Gasteiger partial charge is 0.257 e. The second kappa shape index (κ2) is 7.27. The molecular formula is C15H17ClN4O3S. The minimum atomic E-state index is -3.71. The third-order valence-electron chi connectivity index (χ3n) is 3.52. The number of nitrogens with two attached hydrogens (primary N) is 1. The number of pyridine rings is 1. The van der Waals surface area contributed by atoms with Gasteiger partial charge in [-0.25, -0.2) is 18.1 Å². The van der Waals surface area contributed by atoms with Crippen LogP contribution < -0.4 is 10.5 Å². The van der Waals surface area contributed by atoms with Crippen LogP contribution in [0, 0.1) is 6.92 Å². The predicted molar refractivity (Wildman–Crippen MR) is 92.3 cm³/mol. The number of halogens is 1. The summed E-state index contributed by atoms with van der Waals surface area (Å²) in [6.45, 7) is 1.82. The molecule has 2 heterocycles. The van der Waals surface area contributed by atoms with Crippen LogP contribution >= 0.6 is 12.4 Å². The first-order chi connectivity index (χ1) is 11.0. The Bertz CT molecular complexity index is 928. The fourth-order valence-corrected chi connectivity index (χ4v) is 3.20. The molecular weight excluding hydrogens is 352 g/mol. The SMILES string of the molecule is Cc1noc2ncc(S(=O)(=O)NCC(N)c3ccccc3)cc12.Cl. The molecule has 0 aliphatic heterocycles. The van der Waals surface area contributed by atoms with Crippen molar-refractivity contribution >= 4 is 33.5 Å². The van der Waals surface area contributed by atoms with Gasteiger partial charge in [0.05, 0.1) is 17.3 Å². The van der Waals surface area contributed by atoms with Gasteiger partial charge in [-0.15, -0.1) is 12.4 Å². The average Bonchev–Trinajstić information content (AvgIpc) is 2.94. The van der Waals surface area contributed by atoms with E-state index in [1.54, 1.807) is 6.92 Å². The van der Waals surface area contributed by atoms with E-state index >= 15 is 0 Å². The van der Waals surface area contributed by atoms with Crippen molar-refractivity contribution in [2.75, 3.05) is 6.54 Å². The highest BCUT2D eigenvalue weighted by Crippen LogP contribution is 2.19. The van der Waals surface area contributed by atoms with Gasteiger partial charge in [0.2, 0.25) is 10.0 Å². The number of benzene rings is 1. The van der Waals surface area contributed by atoms with Crippen molar-refractivity contribution in [3.63, 3.8) is 0 Å². The summed E-state index contributed by atoms with van der Waals surface area (Å²) in [7, 11) is -3.71. The lowest BCUT2D eigenvalue weighted by molar-refractivity contribution is 0.442. The minimum absolute atomic E-state index is 0. The third-order valence-corrected chi connectivity index (χ3v) is 4.91. The number of hydrogen-bond acceptors (Lipinski definition) is 6. The number of sulfonamides is 1. The summed E-state index contributed by atoms with van der Waals surface area (Å²) in [5.74, 6) is 0. The monoisotopic (exact) mass is 368 g/mol. The zero-order valence-electron chi connectivity index (χ0n) is 12.8. The molecule has 24 heavy (non-hydrogen) atoms. The first kappa shape index (κ1) is 18.3. The summed E-state index contributed by atoms with van der Waals surface area (Å²) in [6, 6.07) is 10.4. The number of hydrogen-bond donors (Lipinski definition) is 2. The zero-order chi connectivity index (χ0) is 16.4. The highest BCUT2D eigenvalue weighted by molar-refractivity contribution is 7.89. The van der Waals surface area contributed by atoms with E-state index in [0.717, 1.165) is 5.56 Å². The summed E-state index contributed by atoms with van der Waals surface area (Å²) >= 11 is 0. The lowest BCUT2D eigenvalue weighted by Crippen LogP contribution is -2.32. The zero-order valence-corrected chi connectivity index (χ0v) is 14.5. The van der Waals surface area contributed by atoms with E-state index in [0.29, 0.717) is 16.8 Å². The number of fused-ring (bicyclic) bond motifs is 1. The molecule has 0 amide bonds. The molecule has 0 saturated heterocycles. The van der Waals surface area contributed by atoms with E-state index in [4.69, 9.17) is 10.3 Å². The molecule has 0 fully saturated rings. The van der Waals surface area contributed by atoms with Crippen LogP contribution in [0.4, 0.5) is 0 Å². The number of aromatic nitrogens is 2. The molecule has 0 saturated carbocycles. The van der Waals surface area contributed by atoms with Gasteiger partial charge in [-0.2, -0.15) is 0 Å². The van der Waals surface area contributed by atoms with Gasteiger partial charge >= 0.3 is 0 Å². The topological polar surface area (TPSA) is 111 Å². The standard InChI is InChI=1S/C15H16N4O3S.ClH/c1-10-13-7-12(8-17-15(13)22-19-10)23(20,21)18-9-14(16)11-5-3-2-4-6-11;/h2-8,14,18H,9,16H2,1H3;1H. The van der Waals surface area contributed by atoms with Crippen molar-refractivity contribution in [2.24, 2.45) is 5.73 Å². The largest absolute Gasteiger partial charge is 0.336 e. The molecule has 128 valence electrons. The molecule has 3 N–H and O–H groups in total. The Labute approximate surface area is 145 Å². The summed E-state index contributed by atoms with van der Waals surface area (Å²) in [4.78, 5) is 4.03. The number of nitrogens with zero attached hydrogens (tertiary/aromatic N) is 2. The van der Waals surface area contributed by atoms with Crippen molar-refractivity contribution < 1.29 is 12.9 Å². The Balaban J connectivity index is 0.00000208. The molecule has 0 bridgehead atoms. The molecule has 0 radical (unpaired) electrons. The first-order valence-corrected chi connectivity index (χ1v) is 8.48. The van der Waals surface area contributed by atoms with Gasteiger partial charge in [-0.3, -0.25) is 0 Å². The Hall–Kier alpha value is -2.00. The van der Waals surface area contributed by atoms with E-state index in [1.807, 2.05) is 30.3 Å². The second-order valence-electron chi connectivity index (χ2n) is 5.16. The van der Waals surface area contributed by atoms with E-state index in [1.165, 1.54) is 12.3 Å². The van der Waals surface area contributed by atoms with Crippen LogP contribution in [0.15, 0.2) is 52.0 Å². The van der Waals surface area contributed by atoms with Crippen molar-refractivity contribution in [3.8, 4) is 0 Å². The van der Waals surface area contributed by atoms with E-state index in [9.17, 15) is 8.42 Å². The van der Waals surface area contributed by atoms with Crippen LogP contribution in [0.5, 0.6) is 0 Å². The molecule has 1 aromatic carbocycles. The average molecular weight is 369 g/mol. The van der Waals surface area contributed by atoms with Crippen molar-refractivity contribution in [1.29, 1.82) is 0 Å². The molecule has 1 unspecified atom stereocenters. The molecule has 3 aromatic rings. The maximum Gasteiger partial charge on any atom is 0.257 e. The van der Waals surface area contributed by atoms with Crippen LogP contribution in [0.1, 0.15) is 17.3 Å². The van der Waals surface area contributed by atoms with Gasteiger partial charge in [0.1, 0.15) is 4.90 Å². The molecule has 0 aliphatic rings. The van der Waals surface area contributed by atoms with Gasteiger partial charge in [-0.05, 0) is 18.6 Å². The second-order valence-corrected chi connectivity index (χ2v) is 6.93. The number of rotatable bonds is 5. The maximum atomic E-state index is 12.4. The summed E-state index contributed by atoms with van der Waals surface area (Å²) in [5, 5.41) is 4.33. The van der Waals surface area contributed by atoms with Crippen LogP contribution in [0.3, 0.4) is 0 Å². The summed E-state index contributed by atoms with van der Waals surface area (Å²) in [5.41, 5.74) is 7.77. The Morgan fingerprint density at radius 3 is 2.71 bits per heavy atom. The van der Waals surface area contributed by atoms with E-state index in [2.05, 4.69) is 14.9 Å². The fraction of sp³-hybridized carbons (Fsp3) is 0.200. The summed E-state index contributed by atoms with van der Waals surface area (Å²) < 4.78 is 32.3. The molecule has 1 atom stereocenters. The highest BCUT2D eigenvalue weighted by Gasteiger charge is 2.18. The van der Waals surface area contributed by atoms with Crippen LogP contribution in [-0.4, -0.2) is 25.1 Å². The van der Waals surface area contributed by atoms with Gasteiger partial charge in [0.15, 0.2) is 0 Å². The highest BCUT2D eigenvalue weighted by atomic mass is 35.5. The lowest BCUT2D eigenvalue weighted by Gasteiger charge is -2.13. The van der Waals surface area contributed by atoms with Gasteiger partial charge in [-0.1, -0.05) is 35.5 Å². The molecule has 2 aromatic heterocycles. The van der Waals surface area contributed by atoms with Crippen molar-refractivity contribution in [3.05, 3.63) is 53.9 Å². The van der Waals surface area contributed by atoms with E-state index < -0.39 is 16.1 Å². The Kier molecular flexibility index (Phi) is 5.55. The van der Waals surface area contributed by atoms with Crippen LogP contribution in [0.25, 0.3) is 11.1 Å². The van der Waals surface area contributed by atoms with Crippen molar-refractivity contribution in [2.45, 2.75) is 17.9 Å². The van der Waals surface area contributed by atoms with Gasteiger partial charge in [0, 0.05) is 12.6 Å². The number of aryl methyl sites for hydroxylation is 1. The molecule has 0 aliphatic carbocycles. The quantitative estimate of drug-likeness (QED) is 0.711. The fourth-order valence-electron chi connectivity index (χ4n) is 2.17. The maximum absolute atomic E-state index is 12.4. The van der Waals surface area contributed by atoms with Crippen LogP contribution in [-0.2, 0) is 10.0 Å². The van der Waals surface area contributed by atoms with Gasteiger partial charge < -0.3 is 10.3 Å². The Morgan fingerprint density at radius 2 is 2.00 bits per heavy atom. The number of nitrogens with one attached hydrogen (secondary N) is 1. The Morgan fingerprint density at radius 1 is 1.29 bits per heavy atom. The first-order valence-electron chi connectivity index (χ1n) is 6.99. The van der Waals surface area contributed by atoms with Crippen LogP contribution in [0.2, 0.25) is 0 Å². The van der Waals surface area contributed by atoms with Gasteiger partial charge in [0.25, 0.3) is 5.71 Å². The molecule has 3 rings (SSSR count). The predicted octanol–water partition coefficient (Wildman–Crippen LogP) is 1.93. The third kappa shape index (κ3) is 3.73. The summed E-state index contributed by atoms with van der Waals surface area (Å²) in [6.07, 6.45) is 1.24.